The van der Waals surface area contributed by atoms with Crippen molar-refractivity contribution >= 4 is 52.3 Å². The number of halogens is 4. The van der Waals surface area contributed by atoms with Crippen LogP contribution < -0.4 is 5.32 Å². The van der Waals surface area contributed by atoms with Crippen LogP contribution in [0.25, 0.3) is 0 Å². The highest BCUT2D eigenvalue weighted by molar-refractivity contribution is 9.10. The summed E-state index contributed by atoms with van der Waals surface area (Å²) >= 11 is 9.52. The maximum Gasteiger partial charge on any atom is 0.136 e. The standard InChI is InChI=1S/C16H22BrClN2O.2ClH/c17-14-13(18)6-5-12(16(14)21)15(11-3-1-2-4-11)20-9-7-19-8-10-20;;/h5-6,11,15,19,21H,1-4,7-10H2;2*1H/t15-;;/m0../s1. The molecule has 2 fully saturated rings. The third-order valence-electron chi connectivity index (χ3n) is 4.81. The number of hydrogen-bond acceptors (Lipinski definition) is 3. The van der Waals surface area contributed by atoms with Crippen molar-refractivity contribution in [3.05, 3.63) is 27.2 Å². The lowest BCUT2D eigenvalue weighted by atomic mass is 9.89. The van der Waals surface area contributed by atoms with Crippen LogP contribution in [0.1, 0.15) is 37.3 Å². The largest absolute Gasteiger partial charge is 0.506 e. The Labute approximate surface area is 164 Å². The van der Waals surface area contributed by atoms with E-state index in [0.29, 0.717) is 27.2 Å². The maximum absolute atomic E-state index is 10.6. The molecule has 0 unspecified atom stereocenters. The monoisotopic (exact) mass is 444 g/mol. The molecular weight excluding hydrogens is 422 g/mol. The van der Waals surface area contributed by atoms with Gasteiger partial charge in [-0.1, -0.05) is 30.5 Å². The smallest absolute Gasteiger partial charge is 0.136 e. The van der Waals surface area contributed by atoms with Gasteiger partial charge < -0.3 is 10.4 Å². The highest BCUT2D eigenvalue weighted by Gasteiger charge is 2.34. The van der Waals surface area contributed by atoms with Crippen molar-refractivity contribution in [2.45, 2.75) is 31.7 Å². The summed E-state index contributed by atoms with van der Waals surface area (Å²) in [6, 6.07) is 4.21. The van der Waals surface area contributed by atoms with Crippen LogP contribution in [0, 0.1) is 5.92 Å². The van der Waals surface area contributed by atoms with Crippen LogP contribution in [0.2, 0.25) is 5.02 Å². The van der Waals surface area contributed by atoms with E-state index in [0.717, 1.165) is 31.7 Å². The Balaban J connectivity index is 0.00000132. The molecule has 1 aliphatic carbocycles. The van der Waals surface area contributed by atoms with E-state index in [1.54, 1.807) is 0 Å². The van der Waals surface area contributed by atoms with Crippen LogP contribution in [0.4, 0.5) is 0 Å². The van der Waals surface area contributed by atoms with Gasteiger partial charge in [0.05, 0.1) is 9.50 Å². The van der Waals surface area contributed by atoms with Gasteiger partial charge in [-0.05, 0) is 40.8 Å². The summed E-state index contributed by atoms with van der Waals surface area (Å²) in [6.45, 7) is 4.14. The molecule has 1 aliphatic heterocycles. The first-order valence-electron chi connectivity index (χ1n) is 7.80. The number of phenolic OH excluding ortho intramolecular Hbond substituents is 1. The average Bonchev–Trinajstić information content (AvgIpc) is 3.03. The van der Waals surface area contributed by atoms with E-state index in [2.05, 4.69) is 26.1 Å². The first kappa shape index (κ1) is 21.3. The SMILES string of the molecule is Cl.Cl.Oc1c([C@H](C2CCCC2)N2CCNCC2)ccc(Cl)c1Br. The molecule has 2 N–H and O–H groups in total. The van der Waals surface area contributed by atoms with Gasteiger partial charge in [0.1, 0.15) is 5.75 Å². The zero-order valence-electron chi connectivity index (χ0n) is 12.9. The predicted molar refractivity (Wildman–Crippen MR) is 104 cm³/mol. The molecule has 1 atom stereocenters. The van der Waals surface area contributed by atoms with E-state index in [4.69, 9.17) is 11.6 Å². The summed E-state index contributed by atoms with van der Waals surface area (Å²) in [7, 11) is 0. The van der Waals surface area contributed by atoms with Crippen LogP contribution in [0.5, 0.6) is 5.75 Å². The summed E-state index contributed by atoms with van der Waals surface area (Å²) in [5.41, 5.74) is 1.03. The van der Waals surface area contributed by atoms with Gasteiger partial charge >= 0.3 is 0 Å². The molecule has 1 saturated carbocycles. The quantitative estimate of drug-likeness (QED) is 0.701. The fourth-order valence-corrected chi connectivity index (χ4v) is 4.29. The molecule has 7 heteroatoms. The van der Waals surface area contributed by atoms with Gasteiger partial charge in [0.15, 0.2) is 0 Å². The molecule has 0 aromatic heterocycles. The number of phenols is 1. The van der Waals surface area contributed by atoms with Gasteiger partial charge in [0, 0.05) is 37.8 Å². The van der Waals surface area contributed by atoms with Crippen molar-refractivity contribution in [1.82, 2.24) is 10.2 Å². The lowest BCUT2D eigenvalue weighted by Gasteiger charge is -2.39. The molecule has 3 nitrogen and oxygen atoms in total. The van der Waals surface area contributed by atoms with Gasteiger partial charge in [-0.15, -0.1) is 24.8 Å². The minimum atomic E-state index is 0. The number of piperazine rings is 1. The third-order valence-corrected chi connectivity index (χ3v) is 6.16. The lowest BCUT2D eigenvalue weighted by molar-refractivity contribution is 0.123. The highest BCUT2D eigenvalue weighted by Crippen LogP contribution is 2.45. The fourth-order valence-electron chi connectivity index (χ4n) is 3.78. The summed E-state index contributed by atoms with van der Waals surface area (Å²) in [5, 5.41) is 14.5. The second kappa shape index (κ2) is 9.69. The zero-order valence-corrected chi connectivity index (χ0v) is 16.9. The van der Waals surface area contributed by atoms with Crippen LogP contribution >= 0.6 is 52.3 Å². The Morgan fingerprint density at radius 1 is 1.17 bits per heavy atom. The minimum Gasteiger partial charge on any atom is -0.506 e. The fraction of sp³-hybridized carbons (Fsp3) is 0.625. The van der Waals surface area contributed by atoms with E-state index in [-0.39, 0.29) is 24.8 Å². The predicted octanol–water partition coefficient (Wildman–Crippen LogP) is 4.79. The third kappa shape index (κ3) is 4.68. The molecule has 1 aromatic carbocycles. The molecule has 23 heavy (non-hydrogen) atoms. The minimum absolute atomic E-state index is 0. The topological polar surface area (TPSA) is 35.5 Å². The zero-order chi connectivity index (χ0) is 14.8. The maximum atomic E-state index is 10.6. The molecule has 1 saturated heterocycles. The highest BCUT2D eigenvalue weighted by atomic mass is 79.9. The first-order valence-corrected chi connectivity index (χ1v) is 8.97. The molecule has 3 rings (SSSR count). The van der Waals surface area contributed by atoms with Gasteiger partial charge in [0.25, 0.3) is 0 Å². The molecule has 0 spiro atoms. The number of hydrogen-bond donors (Lipinski definition) is 2. The molecule has 132 valence electrons. The Bertz CT molecular complexity index is 506. The second-order valence-corrected chi connectivity index (χ2v) is 7.27. The van der Waals surface area contributed by atoms with Crippen molar-refractivity contribution in [2.75, 3.05) is 26.2 Å². The van der Waals surface area contributed by atoms with Crippen molar-refractivity contribution in [2.24, 2.45) is 5.92 Å². The van der Waals surface area contributed by atoms with E-state index in [9.17, 15) is 5.11 Å². The van der Waals surface area contributed by atoms with Crippen LogP contribution in [-0.4, -0.2) is 36.2 Å². The summed E-state index contributed by atoms with van der Waals surface area (Å²) in [4.78, 5) is 2.53. The Morgan fingerprint density at radius 3 is 2.39 bits per heavy atom. The molecule has 0 radical (unpaired) electrons. The van der Waals surface area contributed by atoms with E-state index in [1.807, 2.05) is 12.1 Å². The Morgan fingerprint density at radius 2 is 1.78 bits per heavy atom. The van der Waals surface area contributed by atoms with Crippen LogP contribution in [0.3, 0.4) is 0 Å². The molecule has 1 heterocycles. The van der Waals surface area contributed by atoms with Crippen molar-refractivity contribution in [3.8, 4) is 5.75 Å². The van der Waals surface area contributed by atoms with E-state index < -0.39 is 0 Å². The summed E-state index contributed by atoms with van der Waals surface area (Å²) < 4.78 is 0.625. The normalized spacial score (nSPS) is 20.6. The number of rotatable bonds is 3. The summed E-state index contributed by atoms with van der Waals surface area (Å²) in [6.07, 6.45) is 5.13. The van der Waals surface area contributed by atoms with Crippen molar-refractivity contribution in [1.29, 1.82) is 0 Å². The number of nitrogens with one attached hydrogen (secondary N) is 1. The number of aromatic hydroxyl groups is 1. The molecule has 0 bridgehead atoms. The molecule has 2 aliphatic rings. The van der Waals surface area contributed by atoms with E-state index >= 15 is 0 Å². The van der Waals surface area contributed by atoms with Gasteiger partial charge in [0.2, 0.25) is 0 Å². The molecular formula is C16H24BrCl3N2O. The first-order chi connectivity index (χ1) is 10.2. The van der Waals surface area contributed by atoms with Gasteiger partial charge in [-0.25, -0.2) is 0 Å². The second-order valence-electron chi connectivity index (χ2n) is 6.07. The van der Waals surface area contributed by atoms with Crippen LogP contribution in [-0.2, 0) is 0 Å². The van der Waals surface area contributed by atoms with Crippen molar-refractivity contribution < 1.29 is 5.11 Å². The number of benzene rings is 1. The summed E-state index contributed by atoms with van der Waals surface area (Å²) in [5.74, 6) is 0.958. The van der Waals surface area contributed by atoms with E-state index in [1.165, 1.54) is 25.7 Å². The van der Waals surface area contributed by atoms with Crippen LogP contribution in [0.15, 0.2) is 16.6 Å². The van der Waals surface area contributed by atoms with Gasteiger partial charge in [-0.3, -0.25) is 4.90 Å². The lowest BCUT2D eigenvalue weighted by Crippen LogP contribution is -2.46. The van der Waals surface area contributed by atoms with Crippen molar-refractivity contribution in [3.63, 3.8) is 0 Å². The number of nitrogens with zero attached hydrogens (tertiary/aromatic N) is 1. The van der Waals surface area contributed by atoms with Gasteiger partial charge in [-0.2, -0.15) is 0 Å². The molecule has 1 aromatic rings. The Kier molecular flexibility index (Phi) is 8.99. The average molecular weight is 447 g/mol. The Hall–Kier alpha value is 0.290. The molecule has 0 amide bonds.